The van der Waals surface area contributed by atoms with Crippen molar-refractivity contribution in [3.63, 3.8) is 0 Å². The Bertz CT molecular complexity index is 3030. The highest BCUT2D eigenvalue weighted by Gasteiger charge is 2.49. The van der Waals surface area contributed by atoms with Crippen molar-refractivity contribution in [1.82, 2.24) is 19.9 Å². The van der Waals surface area contributed by atoms with Crippen LogP contribution in [0, 0.1) is 11.3 Å². The number of nitrogens with zero attached hydrogens (tertiary/aromatic N) is 5. The molecular weight excluding hydrogens is 695 g/mol. The van der Waals surface area contributed by atoms with Gasteiger partial charge in [0.25, 0.3) is 0 Å². The molecule has 9 aromatic rings. The van der Waals surface area contributed by atoms with Crippen molar-refractivity contribution < 1.29 is 0 Å². The van der Waals surface area contributed by atoms with E-state index < -0.39 is 5.41 Å². The normalized spacial score (nSPS) is 12.7. The molecule has 57 heavy (non-hydrogen) atoms. The average Bonchev–Trinajstić information content (AvgIpc) is 3.54. The summed E-state index contributed by atoms with van der Waals surface area (Å²) in [6.07, 6.45) is 3.60. The fourth-order valence-corrected chi connectivity index (χ4v) is 9.00. The monoisotopic (exact) mass is 725 g/mol. The van der Waals surface area contributed by atoms with E-state index in [-0.39, 0.29) is 0 Å². The maximum Gasteiger partial charge on any atom is 0.164 e. The van der Waals surface area contributed by atoms with Gasteiger partial charge >= 0.3 is 0 Å². The lowest BCUT2D eigenvalue weighted by atomic mass is 9.65. The van der Waals surface area contributed by atoms with Crippen molar-refractivity contribution in [3.05, 3.63) is 216 Å². The Morgan fingerprint density at radius 1 is 0.351 bits per heavy atom. The zero-order chi connectivity index (χ0) is 37.9. The van der Waals surface area contributed by atoms with Crippen LogP contribution in [0.4, 0.5) is 0 Å². The van der Waals surface area contributed by atoms with Gasteiger partial charge < -0.3 is 0 Å². The van der Waals surface area contributed by atoms with E-state index in [9.17, 15) is 5.26 Å². The number of hydrogen-bond acceptors (Lipinski definition) is 5. The molecule has 2 aromatic heterocycles. The van der Waals surface area contributed by atoms with Gasteiger partial charge in [0.2, 0.25) is 0 Å². The minimum Gasteiger partial charge on any atom is -0.265 e. The lowest BCUT2D eigenvalue weighted by Gasteiger charge is -2.35. The molecule has 7 aromatic carbocycles. The van der Waals surface area contributed by atoms with Crippen molar-refractivity contribution in [3.8, 4) is 84.7 Å². The van der Waals surface area contributed by atoms with E-state index in [0.29, 0.717) is 23.0 Å². The molecular formula is C52H31N5. The first-order valence-corrected chi connectivity index (χ1v) is 19.0. The number of rotatable bonds is 4. The molecule has 0 aliphatic heterocycles. The zero-order valence-electron chi connectivity index (χ0n) is 30.6. The summed E-state index contributed by atoms with van der Waals surface area (Å²) in [7, 11) is 0. The van der Waals surface area contributed by atoms with Crippen molar-refractivity contribution in [2.24, 2.45) is 0 Å². The van der Waals surface area contributed by atoms with Crippen LogP contribution in [-0.2, 0) is 5.41 Å². The Morgan fingerprint density at radius 3 is 1.26 bits per heavy atom. The highest BCUT2D eigenvalue weighted by Crippen LogP contribution is 2.61. The molecule has 264 valence electrons. The van der Waals surface area contributed by atoms with Gasteiger partial charge in [-0.25, -0.2) is 15.0 Å². The third-order valence-electron chi connectivity index (χ3n) is 11.5. The molecule has 1 spiro atoms. The molecule has 2 aliphatic rings. The van der Waals surface area contributed by atoms with Crippen molar-refractivity contribution in [1.29, 1.82) is 5.26 Å². The van der Waals surface area contributed by atoms with Crippen LogP contribution in [0.25, 0.3) is 78.7 Å². The van der Waals surface area contributed by atoms with Crippen LogP contribution in [0.5, 0.6) is 0 Å². The topological polar surface area (TPSA) is 75.3 Å². The third-order valence-corrected chi connectivity index (χ3v) is 11.5. The zero-order valence-corrected chi connectivity index (χ0v) is 30.6. The number of benzene rings is 7. The summed E-state index contributed by atoms with van der Waals surface area (Å²) in [4.78, 5) is 19.6. The average molecular weight is 726 g/mol. The van der Waals surface area contributed by atoms with Gasteiger partial charge in [0, 0.05) is 29.1 Å². The predicted octanol–water partition coefficient (Wildman–Crippen LogP) is 11.8. The molecule has 5 nitrogen and oxygen atoms in total. The van der Waals surface area contributed by atoms with Gasteiger partial charge in [0.1, 0.15) is 0 Å². The second-order valence-electron chi connectivity index (χ2n) is 14.5. The first kappa shape index (κ1) is 32.6. The minimum atomic E-state index is -0.622. The predicted molar refractivity (Wildman–Crippen MR) is 226 cm³/mol. The first-order chi connectivity index (χ1) is 28.2. The Morgan fingerprint density at radius 2 is 0.737 bits per heavy atom. The van der Waals surface area contributed by atoms with Crippen LogP contribution in [0.15, 0.2) is 188 Å². The fourth-order valence-electron chi connectivity index (χ4n) is 9.00. The molecule has 0 amide bonds. The number of fused-ring (bicyclic) bond motifs is 12. The molecule has 0 saturated carbocycles. The van der Waals surface area contributed by atoms with E-state index >= 15 is 0 Å². The van der Waals surface area contributed by atoms with Gasteiger partial charge in [-0.05, 0) is 109 Å². The van der Waals surface area contributed by atoms with Crippen molar-refractivity contribution in [2.45, 2.75) is 5.41 Å². The van der Waals surface area contributed by atoms with Gasteiger partial charge in [-0.2, -0.15) is 5.26 Å². The molecule has 5 heteroatoms. The highest BCUT2D eigenvalue weighted by atomic mass is 15.0. The van der Waals surface area contributed by atoms with E-state index in [0.717, 1.165) is 27.8 Å². The fraction of sp³-hybridized carbons (Fsp3) is 0.0192. The Kier molecular flexibility index (Phi) is 7.38. The highest BCUT2D eigenvalue weighted by molar-refractivity contribution is 5.97. The summed E-state index contributed by atoms with van der Waals surface area (Å²) >= 11 is 0. The molecule has 2 heterocycles. The lowest BCUT2D eigenvalue weighted by molar-refractivity contribution is 0.775. The van der Waals surface area contributed by atoms with Gasteiger partial charge in [0.05, 0.1) is 17.0 Å². The quantitative estimate of drug-likeness (QED) is 0.181. The van der Waals surface area contributed by atoms with Gasteiger partial charge in [-0.1, -0.05) is 133 Å². The van der Waals surface area contributed by atoms with Crippen LogP contribution in [0.2, 0.25) is 0 Å². The number of aromatic nitrogens is 4. The van der Waals surface area contributed by atoms with E-state index in [4.69, 9.17) is 15.0 Å². The van der Waals surface area contributed by atoms with Crippen LogP contribution in [0.1, 0.15) is 27.8 Å². The summed E-state index contributed by atoms with van der Waals surface area (Å²) in [5, 5.41) is 9.54. The van der Waals surface area contributed by atoms with E-state index in [1.165, 1.54) is 55.6 Å². The summed E-state index contributed by atoms with van der Waals surface area (Å²) in [6, 6.07) is 64.1. The van der Waals surface area contributed by atoms with Crippen LogP contribution in [0.3, 0.4) is 0 Å². The molecule has 0 bridgehead atoms. The van der Waals surface area contributed by atoms with Crippen molar-refractivity contribution >= 4 is 0 Å². The smallest absolute Gasteiger partial charge is 0.164 e. The SMILES string of the molecule is N#Cc1ccc(-c2nc(-c3ccc(-c4ccncc4)cc3)nc(-c3ccc4c(c3)C3(c5ccccc5-c5ccccc5-4)c4ccccc4-c4ccccc43)n2)cc1. The molecule has 0 unspecified atom stereocenters. The third kappa shape index (κ3) is 5.01. The first-order valence-electron chi connectivity index (χ1n) is 19.0. The summed E-state index contributed by atoms with van der Waals surface area (Å²) in [5.41, 5.74) is 16.9. The van der Waals surface area contributed by atoms with E-state index in [1.807, 2.05) is 24.3 Å². The largest absolute Gasteiger partial charge is 0.265 e. The van der Waals surface area contributed by atoms with Gasteiger partial charge in [0.15, 0.2) is 17.5 Å². The molecule has 0 atom stereocenters. The lowest BCUT2D eigenvalue weighted by Crippen LogP contribution is -2.29. The summed E-state index contributed by atoms with van der Waals surface area (Å²) in [6.45, 7) is 0. The standard InChI is InChI=1S/C52H31N5/c53-32-33-17-19-36(20-18-33)49-55-50(37-23-21-34(22-24-37)35-27-29-54-30-28-35)57-51(56-49)38-25-26-44-40-10-2-1-9-39(40)41-11-3-6-14-45(41)52(48(44)31-38)46-15-7-4-12-42(46)43-13-5-8-16-47(43)52/h1-31H. The Balaban J connectivity index is 1.18. The van der Waals surface area contributed by atoms with Gasteiger partial charge in [-0.3, -0.25) is 4.98 Å². The number of pyridine rings is 1. The van der Waals surface area contributed by atoms with E-state index in [1.54, 1.807) is 24.5 Å². The molecule has 11 rings (SSSR count). The van der Waals surface area contributed by atoms with Crippen LogP contribution < -0.4 is 0 Å². The van der Waals surface area contributed by atoms with Crippen LogP contribution in [-0.4, -0.2) is 19.9 Å². The minimum absolute atomic E-state index is 0.537. The molecule has 2 aliphatic carbocycles. The molecule has 0 radical (unpaired) electrons. The summed E-state index contributed by atoms with van der Waals surface area (Å²) in [5.74, 6) is 1.67. The molecule has 0 N–H and O–H groups in total. The number of hydrogen-bond donors (Lipinski definition) is 0. The summed E-state index contributed by atoms with van der Waals surface area (Å²) < 4.78 is 0. The number of nitriles is 1. The Labute approximate surface area is 330 Å². The van der Waals surface area contributed by atoms with Crippen molar-refractivity contribution in [2.75, 3.05) is 0 Å². The maximum absolute atomic E-state index is 9.54. The Hall–Kier alpha value is -7.81. The van der Waals surface area contributed by atoms with E-state index in [2.05, 4.69) is 151 Å². The second-order valence-corrected chi connectivity index (χ2v) is 14.5. The van der Waals surface area contributed by atoms with Crippen LogP contribution >= 0.6 is 0 Å². The van der Waals surface area contributed by atoms with Gasteiger partial charge in [-0.15, -0.1) is 0 Å². The molecule has 0 saturated heterocycles. The second kappa shape index (κ2) is 12.9. The molecule has 0 fully saturated rings. The maximum atomic E-state index is 9.54.